The second-order valence-corrected chi connectivity index (χ2v) is 9.86. The van der Waals surface area contributed by atoms with Gasteiger partial charge in [-0.15, -0.1) is 9.24 Å². The molecule has 0 radical (unpaired) electrons. The van der Waals surface area contributed by atoms with Gasteiger partial charge < -0.3 is 0 Å². The molecule has 1 aliphatic carbocycles. The van der Waals surface area contributed by atoms with Gasteiger partial charge in [-0.25, -0.2) is 0 Å². The van der Waals surface area contributed by atoms with Crippen LogP contribution in [0.25, 0.3) is 0 Å². The molecule has 0 bridgehead atoms. The molecule has 1 aliphatic rings. The van der Waals surface area contributed by atoms with Crippen LogP contribution in [0.15, 0.2) is 0 Å². The molecule has 19 heavy (non-hydrogen) atoms. The Labute approximate surface area is 124 Å². The van der Waals surface area contributed by atoms with Gasteiger partial charge in [-0.3, -0.25) is 0 Å². The largest absolute Gasteiger partial charge is 0.134 e. The van der Waals surface area contributed by atoms with Gasteiger partial charge in [-0.1, -0.05) is 54.9 Å². The Morgan fingerprint density at radius 3 is 2.00 bits per heavy atom. The van der Waals surface area contributed by atoms with Crippen molar-refractivity contribution in [1.82, 2.24) is 0 Å². The van der Waals surface area contributed by atoms with Crippen LogP contribution in [0.2, 0.25) is 0 Å². The molecule has 0 aliphatic heterocycles. The summed E-state index contributed by atoms with van der Waals surface area (Å²) in [4.78, 5) is 0. The van der Waals surface area contributed by atoms with Gasteiger partial charge in [0.2, 0.25) is 0 Å². The van der Waals surface area contributed by atoms with Crippen LogP contribution in [-0.2, 0) is 0 Å². The van der Waals surface area contributed by atoms with Crippen molar-refractivity contribution in [2.45, 2.75) is 86.2 Å². The molecule has 1 heteroatoms. The summed E-state index contributed by atoms with van der Waals surface area (Å²) in [6, 6.07) is 0. The topological polar surface area (TPSA) is 0 Å². The second-order valence-electron chi connectivity index (χ2n) is 9.01. The van der Waals surface area contributed by atoms with Gasteiger partial charge >= 0.3 is 0 Å². The molecule has 0 heterocycles. The van der Waals surface area contributed by atoms with Gasteiger partial charge in [0.25, 0.3) is 0 Å². The van der Waals surface area contributed by atoms with Gasteiger partial charge in [-0.05, 0) is 59.9 Å². The fourth-order valence-corrected chi connectivity index (χ4v) is 4.52. The van der Waals surface area contributed by atoms with E-state index in [0.717, 1.165) is 23.4 Å². The van der Waals surface area contributed by atoms with E-state index in [1.807, 2.05) is 0 Å². The summed E-state index contributed by atoms with van der Waals surface area (Å²) in [5, 5.41) is 0. The molecule has 0 aromatic heterocycles. The minimum Gasteiger partial charge on any atom is -0.134 e. The van der Waals surface area contributed by atoms with Crippen LogP contribution in [0.1, 0.15) is 80.6 Å². The maximum absolute atomic E-state index is 3.18. The standard InChI is InChI=1S/C18H37P/c1-8-14(17(2,3)4)11-13-9-10-15(12-16(13)19)18(5,6)7/h13-16H,8-12,19H2,1-7H3. The molecule has 1 fully saturated rings. The first-order valence-corrected chi connectivity index (χ1v) is 8.98. The molecule has 0 saturated heterocycles. The number of hydrogen-bond donors (Lipinski definition) is 0. The van der Waals surface area contributed by atoms with E-state index >= 15 is 0 Å². The summed E-state index contributed by atoms with van der Waals surface area (Å²) < 4.78 is 0. The Morgan fingerprint density at radius 2 is 1.63 bits per heavy atom. The third-order valence-corrected chi connectivity index (χ3v) is 6.39. The maximum atomic E-state index is 3.18. The predicted octanol–water partition coefficient (Wildman–Crippen LogP) is 6.15. The third kappa shape index (κ3) is 5.04. The van der Waals surface area contributed by atoms with Crippen LogP contribution < -0.4 is 0 Å². The summed E-state index contributed by atoms with van der Waals surface area (Å²) in [5.41, 5.74) is 1.81. The lowest BCUT2D eigenvalue weighted by Gasteiger charge is -2.43. The van der Waals surface area contributed by atoms with Crippen LogP contribution in [0, 0.1) is 28.6 Å². The first-order chi connectivity index (χ1) is 8.55. The first kappa shape index (κ1) is 17.5. The fourth-order valence-electron chi connectivity index (χ4n) is 3.85. The van der Waals surface area contributed by atoms with Crippen molar-refractivity contribution >= 4 is 9.24 Å². The highest BCUT2D eigenvalue weighted by Gasteiger charge is 2.36. The highest BCUT2D eigenvalue weighted by Crippen LogP contribution is 2.46. The van der Waals surface area contributed by atoms with Crippen molar-refractivity contribution in [1.29, 1.82) is 0 Å². The molecule has 5 atom stereocenters. The first-order valence-electron chi connectivity index (χ1n) is 8.31. The number of rotatable bonds is 3. The Morgan fingerprint density at radius 1 is 1.05 bits per heavy atom. The minimum atomic E-state index is 0.472. The fraction of sp³-hybridized carbons (Fsp3) is 1.00. The average Bonchev–Trinajstić information content (AvgIpc) is 2.24. The van der Waals surface area contributed by atoms with E-state index in [9.17, 15) is 0 Å². The summed E-state index contributed by atoms with van der Waals surface area (Å²) in [6.07, 6.45) is 7.08. The number of hydrogen-bond acceptors (Lipinski definition) is 0. The molecular weight excluding hydrogens is 247 g/mol. The van der Waals surface area contributed by atoms with Gasteiger partial charge in [0.15, 0.2) is 0 Å². The smallest absolute Gasteiger partial charge is 0.0233 e. The van der Waals surface area contributed by atoms with Gasteiger partial charge in [0, 0.05) is 0 Å². The lowest BCUT2D eigenvalue weighted by molar-refractivity contribution is 0.120. The zero-order valence-corrected chi connectivity index (χ0v) is 15.6. The Hall–Kier alpha value is 0.430. The van der Waals surface area contributed by atoms with Gasteiger partial charge in [0.1, 0.15) is 0 Å². The van der Waals surface area contributed by atoms with Crippen LogP contribution >= 0.6 is 9.24 Å². The van der Waals surface area contributed by atoms with Crippen molar-refractivity contribution in [2.24, 2.45) is 28.6 Å². The van der Waals surface area contributed by atoms with Gasteiger partial charge in [-0.2, -0.15) is 0 Å². The van der Waals surface area contributed by atoms with Crippen molar-refractivity contribution in [3.05, 3.63) is 0 Å². The van der Waals surface area contributed by atoms with E-state index in [0.29, 0.717) is 10.8 Å². The molecule has 5 unspecified atom stereocenters. The molecule has 0 spiro atoms. The minimum absolute atomic E-state index is 0.472. The predicted molar refractivity (Wildman–Crippen MR) is 91.6 cm³/mol. The highest BCUT2D eigenvalue weighted by atomic mass is 31.0. The Kier molecular flexibility index (Phi) is 5.95. The van der Waals surface area contributed by atoms with E-state index in [1.165, 1.54) is 32.1 Å². The van der Waals surface area contributed by atoms with Crippen molar-refractivity contribution in [3.8, 4) is 0 Å². The molecule has 114 valence electrons. The highest BCUT2D eigenvalue weighted by molar-refractivity contribution is 7.17. The molecular formula is C18H37P. The molecule has 0 nitrogen and oxygen atoms in total. The van der Waals surface area contributed by atoms with E-state index in [2.05, 4.69) is 57.7 Å². The van der Waals surface area contributed by atoms with Crippen molar-refractivity contribution < 1.29 is 0 Å². The van der Waals surface area contributed by atoms with Crippen LogP contribution in [0.4, 0.5) is 0 Å². The van der Waals surface area contributed by atoms with Crippen molar-refractivity contribution in [2.75, 3.05) is 0 Å². The lowest BCUT2D eigenvalue weighted by atomic mass is 9.66. The van der Waals surface area contributed by atoms with Crippen LogP contribution in [-0.4, -0.2) is 5.66 Å². The molecule has 0 N–H and O–H groups in total. The Balaban J connectivity index is 2.59. The van der Waals surface area contributed by atoms with Crippen LogP contribution in [0.3, 0.4) is 0 Å². The van der Waals surface area contributed by atoms with Crippen molar-refractivity contribution in [3.63, 3.8) is 0 Å². The summed E-state index contributed by atoms with van der Waals surface area (Å²) in [7, 11) is 3.18. The van der Waals surface area contributed by atoms with E-state index in [-0.39, 0.29) is 0 Å². The Bertz CT molecular complexity index is 268. The van der Waals surface area contributed by atoms with E-state index < -0.39 is 0 Å². The summed E-state index contributed by atoms with van der Waals surface area (Å²) in [5.74, 6) is 2.74. The van der Waals surface area contributed by atoms with E-state index in [4.69, 9.17) is 0 Å². The molecule has 1 rings (SSSR count). The monoisotopic (exact) mass is 284 g/mol. The quantitative estimate of drug-likeness (QED) is 0.545. The maximum Gasteiger partial charge on any atom is -0.0233 e. The van der Waals surface area contributed by atoms with E-state index in [1.54, 1.807) is 0 Å². The second kappa shape index (κ2) is 6.46. The lowest BCUT2D eigenvalue weighted by Crippen LogP contribution is -2.34. The summed E-state index contributed by atoms with van der Waals surface area (Å²) >= 11 is 0. The van der Waals surface area contributed by atoms with Crippen LogP contribution in [0.5, 0.6) is 0 Å². The average molecular weight is 284 g/mol. The molecule has 0 aromatic carbocycles. The molecule has 0 amide bonds. The normalized spacial score (nSPS) is 31.3. The molecule has 1 saturated carbocycles. The van der Waals surface area contributed by atoms with Gasteiger partial charge in [0.05, 0.1) is 0 Å². The SMILES string of the molecule is CCC(CC1CCC(C(C)(C)C)CC1P)C(C)(C)C. The summed E-state index contributed by atoms with van der Waals surface area (Å²) in [6.45, 7) is 16.9. The zero-order valence-electron chi connectivity index (χ0n) is 14.4. The zero-order chi connectivity index (χ0) is 14.8. The molecule has 0 aromatic rings. The third-order valence-electron chi connectivity index (χ3n) is 5.58.